The summed E-state index contributed by atoms with van der Waals surface area (Å²) < 4.78 is 23.8. The topological polar surface area (TPSA) is 125 Å². The molecule has 0 aromatic heterocycles. The molecule has 3 N–H and O–H groups in total. The quantitative estimate of drug-likeness (QED) is 0.193. The van der Waals surface area contributed by atoms with Gasteiger partial charge in [-0.1, -0.05) is 78.5 Å². The number of hydrogen-bond donors (Lipinski definition) is 2. The van der Waals surface area contributed by atoms with Crippen LogP contribution in [-0.4, -0.2) is 56.6 Å². The molecule has 1 saturated heterocycles. The molecule has 0 saturated carbocycles. The number of phenolic OH excluding ortho intramolecular Hbond substituents is 1. The molecule has 0 spiro atoms. The summed E-state index contributed by atoms with van der Waals surface area (Å²) in [6.45, 7) is 21.4. The van der Waals surface area contributed by atoms with E-state index < -0.39 is 6.29 Å². The third-order valence-electron chi connectivity index (χ3n) is 4.73. The van der Waals surface area contributed by atoms with Crippen LogP contribution in [-0.2, 0) is 35.0 Å². The van der Waals surface area contributed by atoms with Crippen LogP contribution in [0.2, 0.25) is 0 Å². The van der Waals surface area contributed by atoms with Crippen molar-refractivity contribution < 1.29 is 38.1 Å². The summed E-state index contributed by atoms with van der Waals surface area (Å²) in [5, 5.41) is 8.96. The van der Waals surface area contributed by atoms with Crippen LogP contribution in [0.15, 0.2) is 36.4 Å². The lowest BCUT2D eigenvalue weighted by Crippen LogP contribution is -2.32. The zero-order valence-electron chi connectivity index (χ0n) is 27.9. The molecule has 1 aromatic rings. The lowest BCUT2D eigenvalue weighted by atomic mass is 10.1. The van der Waals surface area contributed by atoms with E-state index in [1.54, 1.807) is 12.1 Å². The Hall–Kier alpha value is -2.78. The Kier molecular flexibility index (Phi) is 49.7. The van der Waals surface area contributed by atoms with Gasteiger partial charge in [-0.3, -0.25) is 14.0 Å². The Morgan fingerprint density at radius 3 is 1.86 bits per heavy atom. The summed E-state index contributed by atoms with van der Waals surface area (Å²) >= 11 is 0. The minimum Gasteiger partial charge on any atom is -0.508 e. The number of aromatic hydroxyl groups is 1. The van der Waals surface area contributed by atoms with Gasteiger partial charge in [0.1, 0.15) is 18.1 Å². The minimum absolute atomic E-state index is 0.180. The molecule has 42 heavy (non-hydrogen) atoms. The molecule has 248 valence electrons. The maximum absolute atomic E-state index is 9.96. The van der Waals surface area contributed by atoms with Crippen molar-refractivity contribution >= 4 is 19.2 Å². The number of aldehydes is 1. The number of carbonyl (C=O) groups excluding carboxylic acids is 3. The molecule has 1 aliphatic rings. The average molecular weight is 604 g/mol. The molecule has 1 aromatic carbocycles. The molecule has 0 radical (unpaired) electrons. The second-order valence-electron chi connectivity index (χ2n) is 8.92. The molecular formula is C33H62FNO7. The Balaban J connectivity index is -0.000000139. The van der Waals surface area contributed by atoms with Crippen LogP contribution in [0.5, 0.6) is 5.75 Å². The van der Waals surface area contributed by atoms with Gasteiger partial charge in [-0.25, -0.2) is 0 Å². The van der Waals surface area contributed by atoms with Gasteiger partial charge in [0.2, 0.25) is 6.29 Å². The fraction of sp³-hybridized carbons (Fsp3) is 0.667. The van der Waals surface area contributed by atoms with Gasteiger partial charge in [-0.05, 0) is 50.8 Å². The Bertz CT molecular complexity index is 667. The highest BCUT2D eigenvalue weighted by Crippen LogP contribution is 2.16. The van der Waals surface area contributed by atoms with E-state index >= 15 is 0 Å². The fourth-order valence-corrected chi connectivity index (χ4v) is 2.64. The molecular weight excluding hydrogens is 541 g/mol. The zero-order valence-corrected chi connectivity index (χ0v) is 27.9. The standard InChI is InChI=1S/C9H13NO.C7H10O5.C6H12.C4H8O.C4H10.C2H6.CH3F/c1-7(10)6-8-2-4-9(11)5-3-8;8-4-11-6-1-2-10-7(3-6)12-5-9;1-4-5-6(2)3;1-2-3-4-5;1-3-4-2;2*1-2/h2-5,7,11H,6,10H2,1H3;4-7H,1-3H2;2,4-5H2,1,3H3;4H,2-3H2,1H3;3-4H2,1-2H3;1-2H3;1H3. The van der Waals surface area contributed by atoms with E-state index in [-0.39, 0.29) is 12.1 Å². The molecule has 3 atom stereocenters. The van der Waals surface area contributed by atoms with Crippen LogP contribution in [0.3, 0.4) is 0 Å². The summed E-state index contributed by atoms with van der Waals surface area (Å²) in [7, 11) is 0.500. The van der Waals surface area contributed by atoms with Crippen molar-refractivity contribution in [3.63, 3.8) is 0 Å². The maximum atomic E-state index is 9.96. The van der Waals surface area contributed by atoms with Gasteiger partial charge in [0.05, 0.1) is 13.8 Å². The lowest BCUT2D eigenvalue weighted by molar-refractivity contribution is -0.188. The average Bonchev–Trinajstić information content (AvgIpc) is 2.98. The smallest absolute Gasteiger partial charge is 0.295 e. The van der Waals surface area contributed by atoms with E-state index in [4.69, 9.17) is 20.3 Å². The van der Waals surface area contributed by atoms with Gasteiger partial charge in [0.15, 0.2) is 0 Å². The molecule has 0 aliphatic carbocycles. The normalized spacial score (nSPS) is 14.7. The largest absolute Gasteiger partial charge is 0.508 e. The number of allylic oxidation sites excluding steroid dienone is 1. The number of alkyl halides is 1. The number of benzene rings is 1. The first-order chi connectivity index (χ1) is 20.1. The fourth-order valence-electron chi connectivity index (χ4n) is 2.64. The maximum Gasteiger partial charge on any atom is 0.295 e. The van der Waals surface area contributed by atoms with E-state index in [1.165, 1.54) is 31.3 Å². The molecule has 1 heterocycles. The van der Waals surface area contributed by atoms with Crippen LogP contribution in [0.25, 0.3) is 0 Å². The highest BCUT2D eigenvalue weighted by Gasteiger charge is 2.24. The molecule has 0 bridgehead atoms. The van der Waals surface area contributed by atoms with Gasteiger partial charge < -0.3 is 29.8 Å². The molecule has 8 nitrogen and oxygen atoms in total. The molecule has 2 rings (SSSR count). The summed E-state index contributed by atoms with van der Waals surface area (Å²) in [4.78, 5) is 29.3. The molecule has 9 heteroatoms. The van der Waals surface area contributed by atoms with Gasteiger partial charge in [-0.15, -0.1) is 6.58 Å². The number of halogens is 1. The van der Waals surface area contributed by atoms with E-state index in [2.05, 4.69) is 39.0 Å². The highest BCUT2D eigenvalue weighted by molar-refractivity contribution is 5.48. The van der Waals surface area contributed by atoms with Crippen molar-refractivity contribution in [2.24, 2.45) is 5.73 Å². The van der Waals surface area contributed by atoms with Crippen molar-refractivity contribution in [1.29, 1.82) is 0 Å². The van der Waals surface area contributed by atoms with Gasteiger partial charge >= 0.3 is 0 Å². The first kappa shape index (κ1) is 48.9. The number of rotatable bonds is 11. The minimum atomic E-state index is -0.568. The van der Waals surface area contributed by atoms with Gasteiger partial charge in [0.25, 0.3) is 12.9 Å². The molecule has 1 aliphatic heterocycles. The lowest BCUT2D eigenvalue weighted by Gasteiger charge is -2.26. The van der Waals surface area contributed by atoms with Gasteiger partial charge in [-0.2, -0.15) is 0 Å². The summed E-state index contributed by atoms with van der Waals surface area (Å²) in [5.74, 6) is 0.304. The second kappa shape index (κ2) is 42.7. The van der Waals surface area contributed by atoms with Crippen LogP contribution in [0.4, 0.5) is 4.39 Å². The van der Waals surface area contributed by atoms with Crippen molar-refractivity contribution in [2.75, 3.05) is 13.8 Å². The summed E-state index contributed by atoms with van der Waals surface area (Å²) in [6, 6.07) is 7.31. The van der Waals surface area contributed by atoms with E-state index in [1.807, 2.05) is 39.8 Å². The number of phenols is 1. The van der Waals surface area contributed by atoms with Crippen molar-refractivity contribution in [1.82, 2.24) is 0 Å². The van der Waals surface area contributed by atoms with E-state index in [9.17, 15) is 18.8 Å². The predicted octanol–water partition coefficient (Wildman–Crippen LogP) is 7.89. The third-order valence-corrected chi connectivity index (χ3v) is 4.73. The monoisotopic (exact) mass is 603 g/mol. The zero-order chi connectivity index (χ0) is 33.6. The SMILES string of the molecule is C=C(C)CCC.CC.CC(N)Cc1ccc(O)cc1.CCCC.CCCC=O.CF.O=COC1CCOC(OC=O)C1. The van der Waals surface area contributed by atoms with Crippen LogP contribution in [0, 0.1) is 0 Å². The molecule has 3 unspecified atom stereocenters. The van der Waals surface area contributed by atoms with Crippen molar-refractivity contribution in [3.8, 4) is 5.75 Å². The third kappa shape index (κ3) is 44.2. The number of unbranched alkanes of at least 4 members (excludes halogenated alkanes) is 2. The second-order valence-corrected chi connectivity index (χ2v) is 8.92. The number of nitrogens with two attached hydrogens (primary N) is 1. The number of hydrogen-bond acceptors (Lipinski definition) is 8. The van der Waals surface area contributed by atoms with Crippen LogP contribution >= 0.6 is 0 Å². The van der Waals surface area contributed by atoms with Crippen LogP contribution < -0.4 is 5.73 Å². The Labute approximate surface area is 256 Å². The first-order valence-corrected chi connectivity index (χ1v) is 14.9. The highest BCUT2D eigenvalue weighted by atomic mass is 19.1. The molecule has 0 amide bonds. The van der Waals surface area contributed by atoms with Crippen molar-refractivity contribution in [3.05, 3.63) is 42.0 Å². The van der Waals surface area contributed by atoms with Crippen molar-refractivity contribution in [2.45, 2.75) is 132 Å². The summed E-state index contributed by atoms with van der Waals surface area (Å²) in [6.07, 6.45) is 8.83. The van der Waals surface area contributed by atoms with Crippen LogP contribution in [0.1, 0.15) is 112 Å². The number of ether oxygens (including phenoxy) is 3. The summed E-state index contributed by atoms with van der Waals surface area (Å²) in [5.41, 5.74) is 8.05. The van der Waals surface area contributed by atoms with E-state index in [0.29, 0.717) is 51.7 Å². The number of carbonyl (C=O) groups is 3. The predicted molar refractivity (Wildman–Crippen MR) is 172 cm³/mol. The molecule has 1 fully saturated rings. The Morgan fingerprint density at radius 2 is 1.55 bits per heavy atom. The van der Waals surface area contributed by atoms with E-state index in [0.717, 1.165) is 24.7 Å². The van der Waals surface area contributed by atoms with Gasteiger partial charge in [0, 0.05) is 25.3 Å². The Morgan fingerprint density at radius 1 is 1.02 bits per heavy atom. The first-order valence-electron chi connectivity index (χ1n) is 14.9.